The van der Waals surface area contributed by atoms with Crippen LogP contribution in [0.25, 0.3) is 10.9 Å². The Morgan fingerprint density at radius 2 is 1.80 bits per heavy atom. The van der Waals surface area contributed by atoms with Crippen LogP contribution in [0.15, 0.2) is 59.6 Å². The molecule has 0 spiro atoms. The highest BCUT2D eigenvalue weighted by atomic mass is 32.2. The molecule has 1 aliphatic heterocycles. The highest BCUT2D eigenvalue weighted by molar-refractivity contribution is 7.89. The predicted molar refractivity (Wildman–Crippen MR) is 113 cm³/mol. The molecule has 1 fully saturated rings. The highest BCUT2D eigenvalue weighted by Crippen LogP contribution is 2.27. The second-order valence-corrected chi connectivity index (χ2v) is 9.51. The molecular formula is C22H24FN3O3S. The van der Waals surface area contributed by atoms with Gasteiger partial charge >= 0.3 is 0 Å². The molecule has 1 aromatic heterocycles. The molecule has 0 saturated carbocycles. The predicted octanol–water partition coefficient (Wildman–Crippen LogP) is 3.44. The van der Waals surface area contributed by atoms with Gasteiger partial charge in [0.2, 0.25) is 15.9 Å². The summed E-state index contributed by atoms with van der Waals surface area (Å²) in [5.74, 6) is -0.492. The van der Waals surface area contributed by atoms with Crippen LogP contribution in [0.4, 0.5) is 4.39 Å². The minimum Gasteiger partial charge on any atom is -0.350 e. The molecule has 6 nitrogen and oxygen atoms in total. The Kier molecular flexibility index (Phi) is 5.62. The summed E-state index contributed by atoms with van der Waals surface area (Å²) in [7, 11) is -3.48. The monoisotopic (exact) mass is 429 g/mol. The van der Waals surface area contributed by atoms with Gasteiger partial charge in [0, 0.05) is 36.7 Å². The van der Waals surface area contributed by atoms with Gasteiger partial charge in [0.1, 0.15) is 11.9 Å². The van der Waals surface area contributed by atoms with Gasteiger partial charge in [0.05, 0.1) is 4.90 Å². The number of rotatable bonds is 6. The van der Waals surface area contributed by atoms with Crippen LogP contribution >= 0.6 is 0 Å². The Hall–Kier alpha value is -2.71. The van der Waals surface area contributed by atoms with Gasteiger partial charge in [0.15, 0.2) is 0 Å². The molecule has 0 aliphatic carbocycles. The van der Waals surface area contributed by atoms with Gasteiger partial charge in [-0.25, -0.2) is 12.8 Å². The van der Waals surface area contributed by atoms with Gasteiger partial charge in [0.25, 0.3) is 0 Å². The van der Waals surface area contributed by atoms with E-state index in [1.807, 2.05) is 10.6 Å². The Morgan fingerprint density at radius 1 is 1.10 bits per heavy atom. The van der Waals surface area contributed by atoms with Crippen LogP contribution in [-0.2, 0) is 21.4 Å². The van der Waals surface area contributed by atoms with E-state index in [0.29, 0.717) is 19.6 Å². The number of carbonyl (C=O) groups is 1. The van der Waals surface area contributed by atoms with E-state index in [9.17, 15) is 17.6 Å². The van der Waals surface area contributed by atoms with E-state index >= 15 is 0 Å². The van der Waals surface area contributed by atoms with Crippen molar-refractivity contribution < 1.29 is 17.6 Å². The molecule has 30 heavy (non-hydrogen) atoms. The summed E-state index contributed by atoms with van der Waals surface area (Å²) in [6.07, 6.45) is 3.57. The normalized spacial score (nSPS) is 16.1. The van der Waals surface area contributed by atoms with Gasteiger partial charge in [-0.3, -0.25) is 4.79 Å². The van der Waals surface area contributed by atoms with Crippen molar-refractivity contribution in [2.45, 2.75) is 37.2 Å². The zero-order valence-corrected chi connectivity index (χ0v) is 17.5. The van der Waals surface area contributed by atoms with Crippen molar-refractivity contribution >= 4 is 26.8 Å². The van der Waals surface area contributed by atoms with Crippen molar-refractivity contribution in [1.29, 1.82) is 0 Å². The fourth-order valence-corrected chi connectivity index (χ4v) is 5.34. The molecule has 1 atom stereocenters. The van der Waals surface area contributed by atoms with Crippen molar-refractivity contribution in [1.82, 2.24) is 14.2 Å². The molecule has 0 bridgehead atoms. The van der Waals surface area contributed by atoms with E-state index in [1.165, 1.54) is 16.4 Å². The summed E-state index contributed by atoms with van der Waals surface area (Å²) < 4.78 is 42.0. The first kappa shape index (κ1) is 20.6. The van der Waals surface area contributed by atoms with E-state index in [4.69, 9.17) is 0 Å². The maximum atomic E-state index is 13.0. The average molecular weight is 430 g/mol. The summed E-state index contributed by atoms with van der Waals surface area (Å²) in [4.78, 5) is 12.9. The maximum Gasteiger partial charge on any atom is 0.243 e. The fraction of sp³-hybridized carbons (Fsp3) is 0.318. The van der Waals surface area contributed by atoms with Gasteiger partial charge in [-0.15, -0.1) is 0 Å². The number of nitrogens with one attached hydrogen (secondary N) is 1. The van der Waals surface area contributed by atoms with Crippen LogP contribution in [0, 0.1) is 5.82 Å². The Bertz CT molecular complexity index is 1170. The number of aromatic nitrogens is 1. The number of hydrogen-bond donors (Lipinski definition) is 1. The van der Waals surface area contributed by atoms with Crippen LogP contribution in [0.2, 0.25) is 0 Å². The number of sulfonamides is 1. The Morgan fingerprint density at radius 3 is 2.50 bits per heavy atom. The third kappa shape index (κ3) is 3.97. The molecule has 2 aromatic carbocycles. The van der Waals surface area contributed by atoms with Gasteiger partial charge < -0.3 is 9.88 Å². The molecule has 1 N–H and O–H groups in total. The van der Waals surface area contributed by atoms with Crippen molar-refractivity contribution in [2.24, 2.45) is 0 Å². The molecule has 3 aromatic rings. The topological polar surface area (TPSA) is 71.4 Å². The lowest BCUT2D eigenvalue weighted by Gasteiger charge is -2.17. The minimum absolute atomic E-state index is 0.175. The van der Waals surface area contributed by atoms with Crippen LogP contribution in [0.1, 0.15) is 31.4 Å². The summed E-state index contributed by atoms with van der Waals surface area (Å²) in [6, 6.07) is 12.4. The molecule has 0 radical (unpaired) electrons. The van der Waals surface area contributed by atoms with Crippen molar-refractivity contribution in [2.75, 3.05) is 13.1 Å². The van der Waals surface area contributed by atoms with Crippen LogP contribution < -0.4 is 5.32 Å². The van der Waals surface area contributed by atoms with Gasteiger partial charge in [-0.2, -0.15) is 4.31 Å². The van der Waals surface area contributed by atoms with E-state index in [0.717, 1.165) is 29.3 Å². The second-order valence-electron chi connectivity index (χ2n) is 7.58. The number of hydrogen-bond acceptors (Lipinski definition) is 3. The van der Waals surface area contributed by atoms with Crippen molar-refractivity contribution in [3.05, 3.63) is 66.1 Å². The average Bonchev–Trinajstić information content (AvgIpc) is 3.42. The summed E-state index contributed by atoms with van der Waals surface area (Å²) in [5, 5.41) is 3.63. The zero-order chi connectivity index (χ0) is 21.3. The third-order valence-electron chi connectivity index (χ3n) is 5.57. The number of benzene rings is 2. The number of nitrogens with zero attached hydrogens (tertiary/aromatic N) is 2. The first-order chi connectivity index (χ1) is 14.4. The van der Waals surface area contributed by atoms with Crippen LogP contribution in [0.3, 0.4) is 0 Å². The van der Waals surface area contributed by atoms with Gasteiger partial charge in [-0.1, -0.05) is 12.1 Å². The molecule has 2 heterocycles. The largest absolute Gasteiger partial charge is 0.350 e. The lowest BCUT2D eigenvalue weighted by molar-refractivity contribution is -0.123. The number of fused-ring (bicyclic) bond motifs is 1. The van der Waals surface area contributed by atoms with Crippen molar-refractivity contribution in [3.63, 3.8) is 0 Å². The summed E-state index contributed by atoms with van der Waals surface area (Å²) >= 11 is 0. The summed E-state index contributed by atoms with van der Waals surface area (Å²) in [5.41, 5.74) is 1.60. The molecule has 4 rings (SSSR count). The van der Waals surface area contributed by atoms with E-state index in [-0.39, 0.29) is 16.6 Å². The molecule has 8 heteroatoms. The van der Waals surface area contributed by atoms with E-state index in [2.05, 4.69) is 5.32 Å². The standard InChI is InChI=1S/C22H24FN3O3S/c1-16(22(27)24-15-17-4-6-19(23)7-5-17)26-13-10-18-14-20(8-9-21(18)26)30(28,29)25-11-2-3-12-25/h4-10,13-14,16H,2-3,11-12,15H2,1H3,(H,24,27)/t16-/m0/s1. The third-order valence-corrected chi connectivity index (χ3v) is 7.47. The SMILES string of the molecule is C[C@@H](C(=O)NCc1ccc(F)cc1)n1ccc2cc(S(=O)(=O)N3CCCC3)ccc21. The fourth-order valence-electron chi connectivity index (χ4n) is 3.78. The maximum absolute atomic E-state index is 13.0. The quantitative estimate of drug-likeness (QED) is 0.653. The molecule has 1 saturated heterocycles. The number of halogens is 1. The molecular weight excluding hydrogens is 405 g/mol. The van der Waals surface area contributed by atoms with E-state index < -0.39 is 16.1 Å². The smallest absolute Gasteiger partial charge is 0.243 e. The van der Waals surface area contributed by atoms with Crippen LogP contribution in [0.5, 0.6) is 0 Å². The molecule has 1 amide bonds. The van der Waals surface area contributed by atoms with Crippen LogP contribution in [-0.4, -0.2) is 36.3 Å². The molecule has 1 aliphatic rings. The Labute approximate surface area is 175 Å². The molecule has 158 valence electrons. The minimum atomic E-state index is -3.48. The first-order valence-electron chi connectivity index (χ1n) is 9.99. The number of amides is 1. The highest BCUT2D eigenvalue weighted by Gasteiger charge is 2.27. The van der Waals surface area contributed by atoms with Crippen molar-refractivity contribution in [3.8, 4) is 0 Å². The number of carbonyl (C=O) groups excluding carboxylic acids is 1. The molecule has 0 unspecified atom stereocenters. The zero-order valence-electron chi connectivity index (χ0n) is 16.7. The van der Waals surface area contributed by atoms with E-state index in [1.54, 1.807) is 43.5 Å². The summed E-state index contributed by atoms with van der Waals surface area (Å²) in [6.45, 7) is 3.22. The first-order valence-corrected chi connectivity index (χ1v) is 11.4. The lowest BCUT2D eigenvalue weighted by atomic mass is 10.2. The van der Waals surface area contributed by atoms with Gasteiger partial charge in [-0.05, 0) is 61.7 Å². The lowest BCUT2D eigenvalue weighted by Crippen LogP contribution is -2.30. The second kappa shape index (κ2) is 8.20. The Balaban J connectivity index is 1.51.